The van der Waals surface area contributed by atoms with Crippen LogP contribution in [0.25, 0.3) is 0 Å². The maximum Gasteiger partial charge on any atom is 0.409 e. The molecule has 0 atom stereocenters. The third-order valence-electron chi connectivity index (χ3n) is 2.84. The Morgan fingerprint density at radius 2 is 1.89 bits per heavy atom. The standard InChI is InChI=1S/C11H15N3O4/c1-8-7-9(18-12-8)10(15)13-3-5-14(6-4-13)11(16)17-2/h7H,3-6H2,1-2H3. The summed E-state index contributed by atoms with van der Waals surface area (Å²) in [6.07, 6.45) is -0.363. The Bertz CT molecular complexity index is 449. The van der Waals surface area contributed by atoms with Crippen LogP contribution >= 0.6 is 0 Å². The number of amides is 2. The zero-order chi connectivity index (χ0) is 13.1. The molecule has 2 amide bonds. The van der Waals surface area contributed by atoms with Gasteiger partial charge >= 0.3 is 6.09 Å². The second-order valence-electron chi connectivity index (χ2n) is 4.08. The Balaban J connectivity index is 1.94. The summed E-state index contributed by atoms with van der Waals surface area (Å²) in [7, 11) is 1.34. The summed E-state index contributed by atoms with van der Waals surface area (Å²) in [4.78, 5) is 26.5. The summed E-state index contributed by atoms with van der Waals surface area (Å²) in [5.74, 6) is 0.0409. The van der Waals surface area contributed by atoms with Gasteiger partial charge in [-0.15, -0.1) is 0 Å². The molecule has 0 radical (unpaired) electrons. The van der Waals surface area contributed by atoms with Crippen molar-refractivity contribution in [2.45, 2.75) is 6.92 Å². The lowest BCUT2D eigenvalue weighted by molar-refractivity contribution is 0.0565. The van der Waals surface area contributed by atoms with Crippen molar-refractivity contribution >= 4 is 12.0 Å². The van der Waals surface area contributed by atoms with E-state index in [2.05, 4.69) is 9.89 Å². The van der Waals surface area contributed by atoms with Crippen molar-refractivity contribution in [3.8, 4) is 0 Å². The van der Waals surface area contributed by atoms with Crippen molar-refractivity contribution in [1.82, 2.24) is 15.0 Å². The van der Waals surface area contributed by atoms with Crippen molar-refractivity contribution < 1.29 is 18.8 Å². The zero-order valence-electron chi connectivity index (χ0n) is 10.4. The molecule has 18 heavy (non-hydrogen) atoms. The van der Waals surface area contributed by atoms with Gasteiger partial charge in [-0.1, -0.05) is 5.16 Å². The van der Waals surface area contributed by atoms with E-state index in [0.29, 0.717) is 31.9 Å². The highest BCUT2D eigenvalue weighted by molar-refractivity contribution is 5.91. The average molecular weight is 253 g/mol. The lowest BCUT2D eigenvalue weighted by atomic mass is 10.3. The molecule has 0 aromatic carbocycles. The number of aromatic nitrogens is 1. The number of rotatable bonds is 1. The number of carbonyl (C=O) groups excluding carboxylic acids is 2. The number of carbonyl (C=O) groups is 2. The molecule has 0 saturated carbocycles. The van der Waals surface area contributed by atoms with E-state index in [1.807, 2.05) is 0 Å². The van der Waals surface area contributed by atoms with E-state index in [4.69, 9.17) is 4.52 Å². The summed E-state index contributed by atoms with van der Waals surface area (Å²) in [5.41, 5.74) is 0.673. The maximum absolute atomic E-state index is 12.0. The van der Waals surface area contributed by atoms with Crippen molar-refractivity contribution in [3.05, 3.63) is 17.5 Å². The molecule has 1 aliphatic rings. The van der Waals surface area contributed by atoms with Crippen LogP contribution in [0.2, 0.25) is 0 Å². The molecule has 0 aliphatic carbocycles. The van der Waals surface area contributed by atoms with Crippen LogP contribution in [0.3, 0.4) is 0 Å². The molecule has 1 aliphatic heterocycles. The summed E-state index contributed by atoms with van der Waals surface area (Å²) in [6, 6.07) is 1.61. The smallest absolute Gasteiger partial charge is 0.409 e. The van der Waals surface area contributed by atoms with E-state index in [-0.39, 0.29) is 17.8 Å². The van der Waals surface area contributed by atoms with E-state index in [1.54, 1.807) is 22.8 Å². The quantitative estimate of drug-likeness (QED) is 0.728. The fourth-order valence-corrected chi connectivity index (χ4v) is 1.84. The molecular weight excluding hydrogens is 238 g/mol. The van der Waals surface area contributed by atoms with Gasteiger partial charge in [0.15, 0.2) is 0 Å². The van der Waals surface area contributed by atoms with Gasteiger partial charge in [-0.2, -0.15) is 0 Å². The summed E-state index contributed by atoms with van der Waals surface area (Å²) in [5, 5.41) is 3.68. The first kappa shape index (κ1) is 12.4. The van der Waals surface area contributed by atoms with Crippen LogP contribution in [-0.4, -0.2) is 60.2 Å². The highest BCUT2D eigenvalue weighted by atomic mass is 16.5. The highest BCUT2D eigenvalue weighted by Gasteiger charge is 2.26. The minimum absolute atomic E-state index is 0.194. The molecule has 1 aromatic heterocycles. The highest BCUT2D eigenvalue weighted by Crippen LogP contribution is 2.10. The molecule has 7 nitrogen and oxygen atoms in total. The third kappa shape index (κ3) is 2.44. The zero-order valence-corrected chi connectivity index (χ0v) is 10.4. The lowest BCUT2D eigenvalue weighted by Gasteiger charge is -2.33. The molecule has 1 fully saturated rings. The van der Waals surface area contributed by atoms with Gasteiger partial charge in [-0.3, -0.25) is 4.79 Å². The largest absolute Gasteiger partial charge is 0.453 e. The first-order valence-corrected chi connectivity index (χ1v) is 5.67. The SMILES string of the molecule is COC(=O)N1CCN(C(=O)c2cc(C)no2)CC1. The van der Waals surface area contributed by atoms with Gasteiger partial charge in [0.05, 0.1) is 12.8 Å². The predicted octanol–water partition coefficient (Wildman–Crippen LogP) is 0.507. The lowest BCUT2D eigenvalue weighted by Crippen LogP contribution is -2.50. The number of hydrogen-bond acceptors (Lipinski definition) is 5. The minimum Gasteiger partial charge on any atom is -0.453 e. The van der Waals surface area contributed by atoms with Crippen LogP contribution in [0.1, 0.15) is 16.2 Å². The van der Waals surface area contributed by atoms with E-state index in [0.717, 1.165) is 0 Å². The van der Waals surface area contributed by atoms with Gasteiger partial charge in [-0.05, 0) is 6.92 Å². The van der Waals surface area contributed by atoms with Crippen LogP contribution in [0.15, 0.2) is 10.6 Å². The summed E-state index contributed by atoms with van der Waals surface area (Å²) >= 11 is 0. The molecule has 98 valence electrons. The monoisotopic (exact) mass is 253 g/mol. The van der Waals surface area contributed by atoms with Crippen molar-refractivity contribution in [2.24, 2.45) is 0 Å². The van der Waals surface area contributed by atoms with E-state index < -0.39 is 0 Å². The Labute approximate surface area is 104 Å². The molecular formula is C11H15N3O4. The van der Waals surface area contributed by atoms with Crippen molar-refractivity contribution in [2.75, 3.05) is 33.3 Å². The number of piperazine rings is 1. The minimum atomic E-state index is -0.363. The molecule has 2 heterocycles. The second-order valence-corrected chi connectivity index (χ2v) is 4.08. The Kier molecular flexibility index (Phi) is 3.50. The van der Waals surface area contributed by atoms with E-state index >= 15 is 0 Å². The Morgan fingerprint density at radius 3 is 2.39 bits per heavy atom. The van der Waals surface area contributed by atoms with Gasteiger partial charge in [0.1, 0.15) is 0 Å². The van der Waals surface area contributed by atoms with Crippen LogP contribution in [-0.2, 0) is 4.74 Å². The van der Waals surface area contributed by atoms with Crippen LogP contribution in [0.5, 0.6) is 0 Å². The topological polar surface area (TPSA) is 75.9 Å². The Morgan fingerprint density at radius 1 is 1.28 bits per heavy atom. The molecule has 0 N–H and O–H groups in total. The Hall–Kier alpha value is -2.05. The van der Waals surface area contributed by atoms with Crippen LogP contribution in [0, 0.1) is 6.92 Å². The summed E-state index contributed by atoms with van der Waals surface area (Å²) in [6.45, 7) is 3.62. The molecule has 2 rings (SSSR count). The van der Waals surface area contributed by atoms with Crippen LogP contribution < -0.4 is 0 Å². The third-order valence-corrected chi connectivity index (χ3v) is 2.84. The fourth-order valence-electron chi connectivity index (χ4n) is 1.84. The maximum atomic E-state index is 12.0. The molecule has 0 bridgehead atoms. The molecule has 0 spiro atoms. The van der Waals surface area contributed by atoms with Gasteiger partial charge in [0.25, 0.3) is 5.91 Å². The molecule has 1 saturated heterocycles. The molecule has 0 unspecified atom stereocenters. The number of nitrogens with zero attached hydrogens (tertiary/aromatic N) is 3. The average Bonchev–Trinajstić information content (AvgIpc) is 2.84. The van der Waals surface area contributed by atoms with Gasteiger partial charge in [0, 0.05) is 32.2 Å². The fraction of sp³-hybridized carbons (Fsp3) is 0.545. The predicted molar refractivity (Wildman–Crippen MR) is 61.1 cm³/mol. The van der Waals surface area contributed by atoms with Gasteiger partial charge in [0.2, 0.25) is 5.76 Å². The molecule has 7 heteroatoms. The normalized spacial score (nSPS) is 15.7. The first-order chi connectivity index (χ1) is 8.61. The summed E-state index contributed by atoms with van der Waals surface area (Å²) < 4.78 is 9.56. The first-order valence-electron chi connectivity index (χ1n) is 5.67. The number of ether oxygens (including phenoxy) is 1. The van der Waals surface area contributed by atoms with Crippen molar-refractivity contribution in [3.63, 3.8) is 0 Å². The van der Waals surface area contributed by atoms with E-state index in [9.17, 15) is 9.59 Å². The van der Waals surface area contributed by atoms with Crippen molar-refractivity contribution in [1.29, 1.82) is 0 Å². The van der Waals surface area contributed by atoms with Crippen LogP contribution in [0.4, 0.5) is 4.79 Å². The number of hydrogen-bond donors (Lipinski definition) is 0. The second kappa shape index (κ2) is 5.07. The molecule has 1 aromatic rings. The van der Waals surface area contributed by atoms with Gasteiger partial charge < -0.3 is 19.1 Å². The number of methoxy groups -OCH3 is 1. The van der Waals surface area contributed by atoms with Gasteiger partial charge in [-0.25, -0.2) is 4.79 Å². The van der Waals surface area contributed by atoms with E-state index in [1.165, 1.54) is 7.11 Å². The number of aryl methyl sites for hydroxylation is 1.